The molecule has 7 heteroatoms. The number of benzene rings is 1. The van der Waals surface area contributed by atoms with Crippen LogP contribution in [0.15, 0.2) is 47.5 Å². The Morgan fingerprint density at radius 1 is 1.33 bits per heavy atom. The van der Waals surface area contributed by atoms with E-state index in [1.54, 1.807) is 37.3 Å². The third-order valence-electron chi connectivity index (χ3n) is 2.91. The first-order chi connectivity index (χ1) is 9.94. The van der Waals surface area contributed by atoms with E-state index in [1.165, 1.54) is 18.3 Å². The smallest absolute Gasteiger partial charge is 0.244 e. The maximum atomic E-state index is 12.3. The zero-order valence-corrected chi connectivity index (χ0v) is 12.1. The summed E-state index contributed by atoms with van der Waals surface area (Å²) >= 11 is 0. The Morgan fingerprint density at radius 3 is 2.76 bits per heavy atom. The van der Waals surface area contributed by atoms with E-state index in [-0.39, 0.29) is 10.6 Å². The first kappa shape index (κ1) is 15.0. The molecule has 0 aliphatic carbocycles. The highest BCUT2D eigenvalue weighted by atomic mass is 32.2. The Hall–Kier alpha value is -2.43. The van der Waals surface area contributed by atoms with Crippen molar-refractivity contribution in [3.8, 4) is 6.07 Å². The fourth-order valence-electron chi connectivity index (χ4n) is 1.88. The Morgan fingerprint density at radius 2 is 2.10 bits per heavy atom. The molecule has 0 saturated heterocycles. The standard InChI is InChI=1S/C14H14N4O2S/c1-10(11-4-2-5-12(16)8-11)18-21(19,20)14-6-3-7-17-13(14)9-15/h2-8,10,18H,16H2,1H3. The third-order valence-corrected chi connectivity index (χ3v) is 4.48. The predicted molar refractivity (Wildman–Crippen MR) is 78.5 cm³/mol. The lowest BCUT2D eigenvalue weighted by Gasteiger charge is -2.15. The van der Waals surface area contributed by atoms with E-state index in [1.807, 2.05) is 0 Å². The maximum Gasteiger partial charge on any atom is 0.244 e. The third kappa shape index (κ3) is 3.37. The first-order valence-corrected chi connectivity index (χ1v) is 7.65. The van der Waals surface area contributed by atoms with E-state index in [0.717, 1.165) is 5.56 Å². The zero-order chi connectivity index (χ0) is 15.5. The summed E-state index contributed by atoms with van der Waals surface area (Å²) < 4.78 is 27.2. The number of nitrogens with zero attached hydrogens (tertiary/aromatic N) is 2. The van der Waals surface area contributed by atoms with Crippen LogP contribution < -0.4 is 10.5 Å². The molecule has 1 unspecified atom stereocenters. The van der Waals surface area contributed by atoms with Crippen molar-refractivity contribution in [2.75, 3.05) is 5.73 Å². The van der Waals surface area contributed by atoms with Gasteiger partial charge in [-0.05, 0) is 36.8 Å². The highest BCUT2D eigenvalue weighted by Crippen LogP contribution is 2.19. The van der Waals surface area contributed by atoms with Crippen LogP contribution in [0.25, 0.3) is 0 Å². The molecule has 1 heterocycles. The molecule has 0 fully saturated rings. The van der Waals surface area contributed by atoms with Gasteiger partial charge < -0.3 is 5.73 Å². The molecule has 3 N–H and O–H groups in total. The summed E-state index contributed by atoms with van der Waals surface area (Å²) in [6, 6.07) is 11.1. The molecule has 0 bridgehead atoms. The van der Waals surface area contributed by atoms with Gasteiger partial charge in [0.05, 0.1) is 0 Å². The molecule has 21 heavy (non-hydrogen) atoms. The van der Waals surface area contributed by atoms with Crippen molar-refractivity contribution in [1.29, 1.82) is 5.26 Å². The lowest BCUT2D eigenvalue weighted by molar-refractivity contribution is 0.566. The molecule has 2 rings (SSSR count). The predicted octanol–water partition coefficient (Wildman–Crippen LogP) is 1.57. The summed E-state index contributed by atoms with van der Waals surface area (Å²) in [4.78, 5) is 3.62. The fraction of sp³-hybridized carbons (Fsp3) is 0.143. The number of nitrogens with two attached hydrogens (primary N) is 1. The Balaban J connectivity index is 2.32. The van der Waals surface area contributed by atoms with E-state index in [0.29, 0.717) is 5.69 Å². The highest BCUT2D eigenvalue weighted by molar-refractivity contribution is 7.89. The lowest BCUT2D eigenvalue weighted by atomic mass is 10.1. The number of hydrogen-bond donors (Lipinski definition) is 2. The number of nitrogens with one attached hydrogen (secondary N) is 1. The molecule has 0 saturated carbocycles. The monoisotopic (exact) mass is 302 g/mol. The van der Waals surface area contributed by atoms with Crippen LogP contribution in [0.4, 0.5) is 5.69 Å². The molecule has 0 radical (unpaired) electrons. The van der Waals surface area contributed by atoms with E-state index in [2.05, 4.69) is 9.71 Å². The lowest BCUT2D eigenvalue weighted by Crippen LogP contribution is -2.27. The first-order valence-electron chi connectivity index (χ1n) is 6.17. The topological polar surface area (TPSA) is 109 Å². The van der Waals surface area contributed by atoms with Gasteiger partial charge in [-0.15, -0.1) is 0 Å². The fourth-order valence-corrected chi connectivity index (χ4v) is 3.22. The van der Waals surface area contributed by atoms with Crippen molar-refractivity contribution in [2.45, 2.75) is 17.9 Å². The molecule has 108 valence electrons. The second kappa shape index (κ2) is 5.91. The van der Waals surface area contributed by atoms with E-state index in [9.17, 15) is 8.42 Å². The van der Waals surface area contributed by atoms with Crippen LogP contribution in [0.5, 0.6) is 0 Å². The molecule has 6 nitrogen and oxygen atoms in total. The van der Waals surface area contributed by atoms with E-state index >= 15 is 0 Å². The number of rotatable bonds is 4. The van der Waals surface area contributed by atoms with Crippen molar-refractivity contribution in [3.05, 3.63) is 53.9 Å². The van der Waals surface area contributed by atoms with Crippen molar-refractivity contribution in [2.24, 2.45) is 0 Å². The van der Waals surface area contributed by atoms with Crippen molar-refractivity contribution >= 4 is 15.7 Å². The SMILES string of the molecule is CC(NS(=O)(=O)c1cccnc1C#N)c1cccc(N)c1. The average Bonchev–Trinajstić information content (AvgIpc) is 2.46. The Kier molecular flexibility index (Phi) is 4.21. The van der Waals surface area contributed by atoms with Gasteiger partial charge in [0.15, 0.2) is 5.69 Å². The van der Waals surface area contributed by atoms with Gasteiger partial charge in [-0.25, -0.2) is 18.1 Å². The van der Waals surface area contributed by atoms with E-state index in [4.69, 9.17) is 11.0 Å². The number of nitriles is 1. The van der Waals surface area contributed by atoms with Gasteiger partial charge in [-0.2, -0.15) is 5.26 Å². The van der Waals surface area contributed by atoms with Crippen LogP contribution in [0.3, 0.4) is 0 Å². The maximum absolute atomic E-state index is 12.3. The second-order valence-electron chi connectivity index (χ2n) is 4.48. The van der Waals surface area contributed by atoms with Crippen molar-refractivity contribution in [3.63, 3.8) is 0 Å². The average molecular weight is 302 g/mol. The number of anilines is 1. The molecule has 1 aromatic carbocycles. The molecule has 0 spiro atoms. The van der Waals surface area contributed by atoms with Gasteiger partial charge in [-0.1, -0.05) is 12.1 Å². The quantitative estimate of drug-likeness (QED) is 0.833. The van der Waals surface area contributed by atoms with Crippen LogP contribution in [-0.2, 0) is 10.0 Å². The number of aromatic nitrogens is 1. The van der Waals surface area contributed by atoms with Crippen molar-refractivity contribution < 1.29 is 8.42 Å². The van der Waals surface area contributed by atoms with Gasteiger partial charge >= 0.3 is 0 Å². The van der Waals surface area contributed by atoms with Crippen LogP contribution in [0.2, 0.25) is 0 Å². The number of pyridine rings is 1. The molecular formula is C14H14N4O2S. The van der Waals surface area contributed by atoms with Crippen LogP contribution >= 0.6 is 0 Å². The van der Waals surface area contributed by atoms with Crippen LogP contribution in [0.1, 0.15) is 24.2 Å². The summed E-state index contributed by atoms with van der Waals surface area (Å²) in [5.41, 5.74) is 6.84. The normalized spacial score (nSPS) is 12.6. The summed E-state index contributed by atoms with van der Waals surface area (Å²) in [6.07, 6.45) is 1.37. The number of nitrogen functional groups attached to an aromatic ring is 1. The molecule has 0 aliphatic heterocycles. The highest BCUT2D eigenvalue weighted by Gasteiger charge is 2.22. The van der Waals surface area contributed by atoms with Crippen molar-refractivity contribution in [1.82, 2.24) is 9.71 Å². The summed E-state index contributed by atoms with van der Waals surface area (Å²) in [6.45, 7) is 1.70. The minimum absolute atomic E-state index is 0.134. The van der Waals surface area contributed by atoms with Crippen LogP contribution in [0, 0.1) is 11.3 Å². The van der Waals surface area contributed by atoms with Gasteiger partial charge in [-0.3, -0.25) is 0 Å². The van der Waals surface area contributed by atoms with E-state index < -0.39 is 16.1 Å². The summed E-state index contributed by atoms with van der Waals surface area (Å²) in [5.74, 6) is 0. The second-order valence-corrected chi connectivity index (χ2v) is 6.16. The minimum atomic E-state index is -3.84. The molecule has 0 amide bonds. The van der Waals surface area contributed by atoms with Gasteiger partial charge in [0.1, 0.15) is 11.0 Å². The minimum Gasteiger partial charge on any atom is -0.399 e. The number of hydrogen-bond acceptors (Lipinski definition) is 5. The van der Waals surface area contributed by atoms with Gasteiger partial charge in [0, 0.05) is 17.9 Å². The van der Waals surface area contributed by atoms with Gasteiger partial charge in [0.2, 0.25) is 10.0 Å². The van der Waals surface area contributed by atoms with Gasteiger partial charge in [0.25, 0.3) is 0 Å². The zero-order valence-electron chi connectivity index (χ0n) is 11.3. The number of sulfonamides is 1. The Labute approximate surface area is 123 Å². The molecule has 2 aromatic rings. The molecule has 1 aromatic heterocycles. The largest absolute Gasteiger partial charge is 0.399 e. The molecule has 1 atom stereocenters. The summed E-state index contributed by atoms with van der Waals surface area (Å²) in [5, 5.41) is 8.95. The Bertz CT molecular complexity index is 797. The summed E-state index contributed by atoms with van der Waals surface area (Å²) in [7, 11) is -3.84. The van der Waals surface area contributed by atoms with Crippen LogP contribution in [-0.4, -0.2) is 13.4 Å². The molecular weight excluding hydrogens is 288 g/mol. The molecule has 0 aliphatic rings.